The molecule has 3 rings (SSSR count). The van der Waals surface area contributed by atoms with Gasteiger partial charge in [-0.25, -0.2) is 4.98 Å². The normalized spacial score (nSPS) is 32.3. The smallest absolute Gasteiger partial charge is 0.114 e. The number of aryl methyl sites for hydroxylation is 2. The van der Waals surface area contributed by atoms with Crippen LogP contribution in [0.25, 0.3) is 0 Å². The Bertz CT molecular complexity index is 515. The van der Waals surface area contributed by atoms with E-state index in [0.29, 0.717) is 11.3 Å². The summed E-state index contributed by atoms with van der Waals surface area (Å²) in [6, 6.07) is 0.739. The van der Waals surface area contributed by atoms with Gasteiger partial charge in [-0.1, -0.05) is 27.7 Å². The molecule has 1 aromatic heterocycles. The first kappa shape index (κ1) is 15.5. The van der Waals surface area contributed by atoms with Crippen LogP contribution in [0.15, 0.2) is 0 Å². The Kier molecular flexibility index (Phi) is 3.94. The third-order valence-corrected chi connectivity index (χ3v) is 6.74. The first-order valence-corrected chi connectivity index (χ1v) is 9.42. The van der Waals surface area contributed by atoms with Gasteiger partial charge in [0.2, 0.25) is 0 Å². The molecule has 2 unspecified atom stereocenters. The van der Waals surface area contributed by atoms with Crippen LogP contribution >= 0.6 is 11.3 Å². The van der Waals surface area contributed by atoms with Gasteiger partial charge in [0.1, 0.15) is 5.01 Å². The van der Waals surface area contributed by atoms with Gasteiger partial charge in [-0.2, -0.15) is 0 Å². The molecule has 0 amide bonds. The lowest BCUT2D eigenvalue weighted by atomic mass is 9.64. The average Bonchev–Trinajstić information content (AvgIpc) is 3.13. The summed E-state index contributed by atoms with van der Waals surface area (Å²) in [5.74, 6) is 0.664. The summed E-state index contributed by atoms with van der Waals surface area (Å²) in [7, 11) is 0. The molecule has 1 N–H and O–H groups in total. The van der Waals surface area contributed by atoms with Crippen LogP contribution < -0.4 is 5.32 Å². The van der Waals surface area contributed by atoms with Crippen molar-refractivity contribution in [2.24, 2.45) is 11.3 Å². The predicted octanol–water partition coefficient (Wildman–Crippen LogP) is 4.81. The highest BCUT2D eigenvalue weighted by atomic mass is 32.1. The summed E-state index contributed by atoms with van der Waals surface area (Å²) >= 11 is 1.94. The largest absolute Gasteiger partial charge is 0.302 e. The van der Waals surface area contributed by atoms with E-state index in [-0.39, 0.29) is 5.54 Å². The van der Waals surface area contributed by atoms with Crippen LogP contribution in [0.3, 0.4) is 0 Å². The summed E-state index contributed by atoms with van der Waals surface area (Å²) in [5, 5.41) is 5.39. The molecule has 2 atom stereocenters. The van der Waals surface area contributed by atoms with E-state index in [4.69, 9.17) is 4.98 Å². The lowest BCUT2D eigenvalue weighted by Crippen LogP contribution is -2.53. The molecule has 2 aliphatic carbocycles. The Labute approximate surface area is 133 Å². The van der Waals surface area contributed by atoms with Crippen molar-refractivity contribution in [2.75, 3.05) is 0 Å². The molecule has 2 saturated carbocycles. The fourth-order valence-electron chi connectivity index (χ4n) is 4.02. The zero-order valence-corrected chi connectivity index (χ0v) is 15.1. The molecule has 2 nitrogen and oxygen atoms in total. The maximum atomic E-state index is 5.06. The number of nitrogens with zero attached hydrogens (tertiary/aromatic N) is 1. The Morgan fingerprint density at radius 2 is 2.00 bits per heavy atom. The quantitative estimate of drug-likeness (QED) is 0.863. The Hall–Kier alpha value is -0.410. The van der Waals surface area contributed by atoms with E-state index in [9.17, 15) is 0 Å². The molecule has 0 spiro atoms. The van der Waals surface area contributed by atoms with E-state index in [1.165, 1.54) is 47.7 Å². The molecular formula is C18H30N2S. The molecule has 0 bridgehead atoms. The van der Waals surface area contributed by atoms with E-state index in [2.05, 4.69) is 39.9 Å². The summed E-state index contributed by atoms with van der Waals surface area (Å²) in [5.41, 5.74) is 1.93. The van der Waals surface area contributed by atoms with Gasteiger partial charge in [-0.15, -0.1) is 11.3 Å². The summed E-state index contributed by atoms with van der Waals surface area (Å²) < 4.78 is 0. The number of nitrogens with one attached hydrogen (secondary N) is 1. The molecule has 3 heteroatoms. The van der Waals surface area contributed by atoms with Gasteiger partial charge in [0.15, 0.2) is 0 Å². The van der Waals surface area contributed by atoms with E-state index in [1.807, 2.05) is 11.3 Å². The van der Waals surface area contributed by atoms with E-state index in [1.54, 1.807) is 0 Å². The number of aromatic nitrogens is 1. The number of hydrogen-bond donors (Lipinski definition) is 1. The fourth-order valence-corrected chi connectivity index (χ4v) is 5.32. The third kappa shape index (κ3) is 2.92. The molecule has 21 heavy (non-hydrogen) atoms. The van der Waals surface area contributed by atoms with Gasteiger partial charge in [0.05, 0.1) is 11.2 Å². The maximum Gasteiger partial charge on any atom is 0.114 e. The van der Waals surface area contributed by atoms with Crippen LogP contribution in [-0.2, 0) is 12.0 Å². The van der Waals surface area contributed by atoms with Gasteiger partial charge in [-0.05, 0) is 56.8 Å². The topological polar surface area (TPSA) is 24.9 Å². The zero-order valence-electron chi connectivity index (χ0n) is 14.3. The van der Waals surface area contributed by atoms with Crippen molar-refractivity contribution in [2.45, 2.75) is 84.7 Å². The van der Waals surface area contributed by atoms with Gasteiger partial charge in [0.25, 0.3) is 0 Å². The first-order chi connectivity index (χ1) is 9.86. The van der Waals surface area contributed by atoms with Crippen LogP contribution in [-0.4, -0.2) is 11.0 Å². The van der Waals surface area contributed by atoms with Gasteiger partial charge in [0, 0.05) is 10.9 Å². The summed E-state index contributed by atoms with van der Waals surface area (Å²) in [6.07, 6.45) is 7.60. The lowest BCUT2D eigenvalue weighted by Gasteiger charge is -2.48. The highest BCUT2D eigenvalue weighted by molar-refractivity contribution is 7.11. The Morgan fingerprint density at radius 3 is 2.52 bits per heavy atom. The molecular weight excluding hydrogens is 276 g/mol. The Morgan fingerprint density at radius 1 is 1.29 bits per heavy atom. The third-order valence-electron chi connectivity index (χ3n) is 5.54. The second-order valence-electron chi connectivity index (χ2n) is 8.03. The van der Waals surface area contributed by atoms with Crippen molar-refractivity contribution in [1.29, 1.82) is 0 Å². The van der Waals surface area contributed by atoms with E-state index in [0.717, 1.165) is 12.5 Å². The minimum absolute atomic E-state index is 0.138. The van der Waals surface area contributed by atoms with Crippen molar-refractivity contribution in [3.63, 3.8) is 0 Å². The van der Waals surface area contributed by atoms with Crippen molar-refractivity contribution in [3.8, 4) is 0 Å². The van der Waals surface area contributed by atoms with Gasteiger partial charge >= 0.3 is 0 Å². The van der Waals surface area contributed by atoms with Crippen LogP contribution in [0.5, 0.6) is 0 Å². The molecule has 0 aliphatic heterocycles. The lowest BCUT2D eigenvalue weighted by molar-refractivity contribution is 0.0697. The second kappa shape index (κ2) is 5.34. The zero-order chi connectivity index (χ0) is 15.3. The van der Waals surface area contributed by atoms with E-state index >= 15 is 0 Å². The molecule has 1 heterocycles. The predicted molar refractivity (Wildman–Crippen MR) is 90.9 cm³/mol. The fraction of sp³-hybridized carbons (Fsp3) is 0.833. The molecule has 1 aromatic rings. The molecule has 0 aromatic carbocycles. The highest BCUT2D eigenvalue weighted by Crippen LogP contribution is 2.51. The molecule has 2 fully saturated rings. The SMILES string of the molecule is CCc1nc(C2(NC3CC3)CCC(C)(C)CC2C)sc1C. The van der Waals surface area contributed by atoms with Crippen molar-refractivity contribution in [1.82, 2.24) is 10.3 Å². The molecule has 0 radical (unpaired) electrons. The first-order valence-electron chi connectivity index (χ1n) is 8.61. The monoisotopic (exact) mass is 306 g/mol. The van der Waals surface area contributed by atoms with Crippen LogP contribution in [0.4, 0.5) is 0 Å². The number of hydrogen-bond acceptors (Lipinski definition) is 3. The summed E-state index contributed by atoms with van der Waals surface area (Å²) in [4.78, 5) is 6.48. The number of rotatable bonds is 4. The summed E-state index contributed by atoms with van der Waals surface area (Å²) in [6.45, 7) is 11.8. The van der Waals surface area contributed by atoms with E-state index < -0.39 is 0 Å². The maximum absolute atomic E-state index is 5.06. The van der Waals surface area contributed by atoms with Gasteiger partial charge in [-0.3, -0.25) is 0 Å². The number of thiazole rings is 1. The molecule has 0 saturated heterocycles. The molecule has 2 aliphatic rings. The minimum Gasteiger partial charge on any atom is -0.302 e. The minimum atomic E-state index is 0.138. The van der Waals surface area contributed by atoms with Crippen LogP contribution in [0, 0.1) is 18.3 Å². The van der Waals surface area contributed by atoms with Crippen molar-refractivity contribution >= 4 is 11.3 Å². The van der Waals surface area contributed by atoms with Gasteiger partial charge < -0.3 is 5.32 Å². The van der Waals surface area contributed by atoms with Crippen LogP contribution in [0.2, 0.25) is 0 Å². The second-order valence-corrected chi connectivity index (χ2v) is 9.24. The van der Waals surface area contributed by atoms with Crippen molar-refractivity contribution < 1.29 is 0 Å². The highest BCUT2D eigenvalue weighted by Gasteiger charge is 2.49. The standard InChI is InChI=1S/C18H30N2S/c1-6-15-13(3)21-16(19-15)18(20-14-7-8-14)10-9-17(4,5)11-12(18)2/h12,14,20H,6-11H2,1-5H3. The molecule has 118 valence electrons. The average molecular weight is 307 g/mol. The van der Waals surface area contributed by atoms with Crippen LogP contribution in [0.1, 0.15) is 75.4 Å². The van der Waals surface area contributed by atoms with Crippen molar-refractivity contribution in [3.05, 3.63) is 15.6 Å². The Balaban J connectivity index is 1.96.